The van der Waals surface area contributed by atoms with Crippen LogP contribution in [0, 0.1) is 18.8 Å². The van der Waals surface area contributed by atoms with Crippen molar-refractivity contribution >= 4 is 11.9 Å². The average molecular weight is 542 g/mol. The van der Waals surface area contributed by atoms with Gasteiger partial charge >= 0.3 is 5.97 Å². The maximum absolute atomic E-state index is 12.0. The van der Waals surface area contributed by atoms with E-state index < -0.39 is 11.9 Å². The fourth-order valence-electron chi connectivity index (χ4n) is 4.98. The van der Waals surface area contributed by atoms with Gasteiger partial charge in [0.2, 0.25) is 5.95 Å². The van der Waals surface area contributed by atoms with Gasteiger partial charge in [-0.15, -0.1) is 0 Å². The minimum absolute atomic E-state index is 0.0366. The number of rotatable bonds is 9. The van der Waals surface area contributed by atoms with Crippen LogP contribution in [0.2, 0.25) is 0 Å². The van der Waals surface area contributed by atoms with Crippen LogP contribution in [0.25, 0.3) is 11.5 Å². The van der Waals surface area contributed by atoms with Gasteiger partial charge in [0, 0.05) is 37.0 Å². The fraction of sp³-hybridized carbons (Fsp3) is 0.387. The SMILES string of the molecule is Cc1ccnc(N2C[C@@H](Cc3ccc(OCCc4noc(-c5ccc(C(C)(C)C)cc5)n4)cc3)[C@@H](C(=O)O)C2)n1. The molecule has 1 N–H and O–H groups in total. The number of aromatic nitrogens is 4. The molecule has 1 aliphatic heterocycles. The molecule has 1 saturated heterocycles. The number of ether oxygens (including phenoxy) is 1. The lowest BCUT2D eigenvalue weighted by atomic mass is 9.87. The van der Waals surface area contributed by atoms with Crippen molar-refractivity contribution in [1.82, 2.24) is 20.1 Å². The summed E-state index contributed by atoms with van der Waals surface area (Å²) in [5.74, 6) is 1.12. The molecule has 0 bridgehead atoms. The quantitative estimate of drug-likeness (QED) is 0.308. The summed E-state index contributed by atoms with van der Waals surface area (Å²) >= 11 is 0. The Kier molecular flexibility index (Phi) is 7.82. The number of carbonyl (C=O) groups is 1. The van der Waals surface area contributed by atoms with Crippen molar-refractivity contribution in [3.05, 3.63) is 83.4 Å². The fourth-order valence-corrected chi connectivity index (χ4v) is 4.98. The van der Waals surface area contributed by atoms with Gasteiger partial charge in [0.05, 0.1) is 12.5 Å². The van der Waals surface area contributed by atoms with Crippen LogP contribution in [0.5, 0.6) is 5.75 Å². The van der Waals surface area contributed by atoms with Gasteiger partial charge in [-0.3, -0.25) is 4.79 Å². The predicted octanol–water partition coefficient (Wildman–Crippen LogP) is 5.13. The van der Waals surface area contributed by atoms with E-state index >= 15 is 0 Å². The number of nitrogens with zero attached hydrogens (tertiary/aromatic N) is 5. The first-order valence-corrected chi connectivity index (χ1v) is 13.6. The summed E-state index contributed by atoms with van der Waals surface area (Å²) in [6, 6.07) is 17.9. The molecule has 0 spiro atoms. The Labute approximate surface area is 234 Å². The summed E-state index contributed by atoms with van der Waals surface area (Å²) in [7, 11) is 0. The Morgan fingerprint density at radius 1 is 1.05 bits per heavy atom. The third-order valence-electron chi connectivity index (χ3n) is 7.30. The van der Waals surface area contributed by atoms with Crippen LogP contribution in [-0.4, -0.2) is 50.9 Å². The molecular formula is C31H35N5O4. The molecule has 208 valence electrons. The van der Waals surface area contributed by atoms with Crippen molar-refractivity contribution in [3.63, 3.8) is 0 Å². The van der Waals surface area contributed by atoms with Gasteiger partial charge in [-0.25, -0.2) is 9.97 Å². The zero-order chi connectivity index (χ0) is 28.3. The van der Waals surface area contributed by atoms with Gasteiger partial charge in [0.15, 0.2) is 5.82 Å². The lowest BCUT2D eigenvalue weighted by Crippen LogP contribution is -2.25. The van der Waals surface area contributed by atoms with E-state index in [9.17, 15) is 9.90 Å². The molecule has 9 nitrogen and oxygen atoms in total. The van der Waals surface area contributed by atoms with Crippen molar-refractivity contribution < 1.29 is 19.2 Å². The molecule has 0 radical (unpaired) electrons. The lowest BCUT2D eigenvalue weighted by Gasteiger charge is -2.18. The van der Waals surface area contributed by atoms with Crippen molar-refractivity contribution in [2.75, 3.05) is 24.6 Å². The number of hydrogen-bond acceptors (Lipinski definition) is 8. The molecule has 0 amide bonds. The number of aryl methyl sites for hydroxylation is 1. The van der Waals surface area contributed by atoms with Crippen LogP contribution < -0.4 is 9.64 Å². The van der Waals surface area contributed by atoms with Crippen LogP contribution >= 0.6 is 0 Å². The third kappa shape index (κ3) is 6.47. The number of carboxylic acid groups (broad SMARTS) is 1. The highest BCUT2D eigenvalue weighted by Crippen LogP contribution is 2.30. The summed E-state index contributed by atoms with van der Waals surface area (Å²) in [5, 5.41) is 13.9. The molecule has 2 atom stereocenters. The Morgan fingerprint density at radius 3 is 2.48 bits per heavy atom. The molecule has 0 unspecified atom stereocenters. The predicted molar refractivity (Wildman–Crippen MR) is 151 cm³/mol. The highest BCUT2D eigenvalue weighted by molar-refractivity contribution is 5.72. The highest BCUT2D eigenvalue weighted by atomic mass is 16.5. The Balaban J connectivity index is 1.13. The number of hydrogen-bond donors (Lipinski definition) is 1. The van der Waals surface area contributed by atoms with Crippen molar-refractivity contribution in [3.8, 4) is 17.2 Å². The smallest absolute Gasteiger partial charge is 0.308 e. The second kappa shape index (κ2) is 11.5. The summed E-state index contributed by atoms with van der Waals surface area (Å²) in [6.07, 6.45) is 2.88. The molecule has 0 aliphatic carbocycles. The van der Waals surface area contributed by atoms with Gasteiger partial charge in [0.1, 0.15) is 5.75 Å². The molecule has 4 aromatic rings. The Morgan fingerprint density at radius 2 is 1.80 bits per heavy atom. The van der Waals surface area contributed by atoms with Crippen LogP contribution in [0.3, 0.4) is 0 Å². The van der Waals surface area contributed by atoms with Gasteiger partial charge in [-0.1, -0.05) is 50.2 Å². The Hall–Kier alpha value is -4.27. The largest absolute Gasteiger partial charge is 0.493 e. The molecule has 0 saturated carbocycles. The first kappa shape index (κ1) is 27.3. The van der Waals surface area contributed by atoms with E-state index in [-0.39, 0.29) is 11.3 Å². The first-order chi connectivity index (χ1) is 19.2. The van der Waals surface area contributed by atoms with E-state index in [1.807, 2.05) is 54.3 Å². The van der Waals surface area contributed by atoms with Crippen LogP contribution in [-0.2, 0) is 23.1 Å². The summed E-state index contributed by atoms with van der Waals surface area (Å²) in [4.78, 5) is 27.3. The molecule has 1 aliphatic rings. The molecule has 40 heavy (non-hydrogen) atoms. The van der Waals surface area contributed by atoms with Crippen molar-refractivity contribution in [2.45, 2.75) is 46.0 Å². The number of anilines is 1. The number of carboxylic acids is 1. The minimum atomic E-state index is -0.786. The highest BCUT2D eigenvalue weighted by Gasteiger charge is 2.38. The van der Waals surface area contributed by atoms with Crippen LogP contribution in [0.4, 0.5) is 5.95 Å². The second-order valence-corrected chi connectivity index (χ2v) is 11.4. The van der Waals surface area contributed by atoms with E-state index in [4.69, 9.17) is 9.26 Å². The zero-order valence-electron chi connectivity index (χ0n) is 23.4. The summed E-state index contributed by atoms with van der Waals surface area (Å²) in [5.41, 5.74) is 4.16. The van der Waals surface area contributed by atoms with Gasteiger partial charge in [-0.2, -0.15) is 4.98 Å². The molecule has 2 aromatic carbocycles. The van der Waals surface area contributed by atoms with Crippen molar-refractivity contribution in [2.24, 2.45) is 11.8 Å². The summed E-state index contributed by atoms with van der Waals surface area (Å²) in [6.45, 7) is 9.87. The lowest BCUT2D eigenvalue weighted by molar-refractivity contribution is -0.142. The van der Waals surface area contributed by atoms with Gasteiger partial charge in [0.25, 0.3) is 5.89 Å². The standard InChI is InChI=1S/C31H35N5O4/c1-20-13-15-32-30(33-20)36-18-23(26(19-36)29(37)38)17-21-5-11-25(12-6-21)39-16-14-27-34-28(40-35-27)22-7-9-24(10-8-22)31(2,3)4/h5-13,15,23,26H,14,16-19H2,1-4H3,(H,37,38)/t23-,26+/m1/s1. The number of aliphatic carboxylic acids is 1. The van der Waals surface area contributed by atoms with E-state index in [0.29, 0.717) is 50.2 Å². The minimum Gasteiger partial charge on any atom is -0.493 e. The zero-order valence-corrected chi connectivity index (χ0v) is 23.4. The van der Waals surface area contributed by atoms with E-state index in [1.165, 1.54) is 5.56 Å². The van der Waals surface area contributed by atoms with E-state index in [2.05, 4.69) is 53.0 Å². The van der Waals surface area contributed by atoms with E-state index in [1.54, 1.807) is 6.20 Å². The monoisotopic (exact) mass is 541 g/mol. The van der Waals surface area contributed by atoms with Crippen LogP contribution in [0.15, 0.2) is 65.3 Å². The molecule has 3 heterocycles. The first-order valence-electron chi connectivity index (χ1n) is 13.6. The van der Waals surface area contributed by atoms with Crippen molar-refractivity contribution in [1.29, 1.82) is 0 Å². The average Bonchev–Trinajstić information content (AvgIpc) is 3.57. The third-order valence-corrected chi connectivity index (χ3v) is 7.30. The molecule has 2 aromatic heterocycles. The molecule has 5 rings (SSSR count). The summed E-state index contributed by atoms with van der Waals surface area (Å²) < 4.78 is 11.4. The van der Waals surface area contributed by atoms with E-state index in [0.717, 1.165) is 22.6 Å². The molecule has 9 heteroatoms. The van der Waals surface area contributed by atoms with Gasteiger partial charge < -0.3 is 19.3 Å². The molecule has 1 fully saturated rings. The number of benzene rings is 2. The topological polar surface area (TPSA) is 114 Å². The van der Waals surface area contributed by atoms with Crippen LogP contribution in [0.1, 0.15) is 43.4 Å². The normalized spacial score (nSPS) is 17.2. The Bertz CT molecular complexity index is 1440. The molecular weight excluding hydrogens is 506 g/mol. The maximum atomic E-state index is 12.0. The maximum Gasteiger partial charge on any atom is 0.308 e. The van der Waals surface area contributed by atoms with Gasteiger partial charge in [-0.05, 0) is 66.1 Å². The second-order valence-electron chi connectivity index (χ2n) is 11.4.